The fourth-order valence-corrected chi connectivity index (χ4v) is 5.27. The summed E-state index contributed by atoms with van der Waals surface area (Å²) in [5.41, 5.74) is 2.44. The van der Waals surface area contributed by atoms with Gasteiger partial charge in [0.2, 0.25) is 0 Å². The molecule has 0 bridgehead atoms. The molecule has 0 atom stereocenters. The summed E-state index contributed by atoms with van der Waals surface area (Å²) in [4.78, 5) is 2.49. The van der Waals surface area contributed by atoms with Crippen molar-refractivity contribution in [1.82, 2.24) is 15.1 Å². The molecule has 5 rings (SSSR count). The first-order chi connectivity index (χ1) is 16.0. The fraction of sp³-hybridized carbons (Fsp3) is 0.240. The molecule has 8 heteroatoms. The number of nitrogens with one attached hydrogen (secondary N) is 2. The van der Waals surface area contributed by atoms with Crippen LogP contribution in [0, 0.1) is 0 Å². The molecule has 1 aliphatic rings. The number of piperidine rings is 1. The predicted octanol–water partition coefficient (Wildman–Crippen LogP) is 4.97. The van der Waals surface area contributed by atoms with E-state index >= 15 is 0 Å². The maximum absolute atomic E-state index is 13.0. The Labute approximate surface area is 193 Å². The number of sulfonamides is 1. The highest BCUT2D eigenvalue weighted by molar-refractivity contribution is 7.92. The first-order valence-corrected chi connectivity index (χ1v) is 12.5. The average molecular weight is 463 g/mol. The molecular weight excluding hydrogens is 436 g/mol. The lowest BCUT2D eigenvalue weighted by Crippen LogP contribution is -2.29. The number of para-hydroxylation sites is 1. The van der Waals surface area contributed by atoms with E-state index in [-0.39, 0.29) is 4.90 Å². The standard InChI is InChI=1S/C25H26N4O3S/c1-29-15-13-18(14-16-29)25-23-17-19(7-12-24(23)26-27-25)28-33(30,31)22-10-8-21(9-11-22)32-20-5-3-2-4-6-20/h2-12,17-18,28H,13-16H2,1H3,(H,26,27). The van der Waals surface area contributed by atoms with Gasteiger partial charge in [0.05, 0.1) is 16.1 Å². The first kappa shape index (κ1) is 21.5. The number of aromatic amines is 1. The van der Waals surface area contributed by atoms with Crippen LogP contribution in [-0.2, 0) is 10.0 Å². The molecule has 33 heavy (non-hydrogen) atoms. The lowest BCUT2D eigenvalue weighted by Gasteiger charge is -2.28. The number of anilines is 1. The Hall–Kier alpha value is -3.36. The zero-order valence-electron chi connectivity index (χ0n) is 18.4. The highest BCUT2D eigenvalue weighted by Crippen LogP contribution is 2.33. The average Bonchev–Trinajstić information content (AvgIpc) is 3.24. The Bertz CT molecular complexity index is 1340. The summed E-state index contributed by atoms with van der Waals surface area (Å²) >= 11 is 0. The van der Waals surface area contributed by atoms with Crippen LogP contribution in [0.25, 0.3) is 10.9 Å². The van der Waals surface area contributed by atoms with E-state index in [9.17, 15) is 8.42 Å². The number of hydrogen-bond acceptors (Lipinski definition) is 5. The van der Waals surface area contributed by atoms with Crippen LogP contribution in [0.15, 0.2) is 77.7 Å². The molecule has 2 heterocycles. The third kappa shape index (κ3) is 4.72. The van der Waals surface area contributed by atoms with Crippen molar-refractivity contribution in [3.63, 3.8) is 0 Å². The number of H-pyrrole nitrogens is 1. The quantitative estimate of drug-likeness (QED) is 0.423. The minimum atomic E-state index is -3.74. The summed E-state index contributed by atoms with van der Waals surface area (Å²) in [6.07, 6.45) is 2.09. The van der Waals surface area contributed by atoms with Crippen LogP contribution in [0.1, 0.15) is 24.5 Å². The van der Waals surface area contributed by atoms with E-state index in [0.29, 0.717) is 23.1 Å². The van der Waals surface area contributed by atoms with Crippen LogP contribution < -0.4 is 9.46 Å². The highest BCUT2D eigenvalue weighted by atomic mass is 32.2. The van der Waals surface area contributed by atoms with Gasteiger partial charge in [0.25, 0.3) is 10.0 Å². The molecule has 0 aliphatic carbocycles. The molecule has 0 saturated carbocycles. The SMILES string of the molecule is CN1CCC(c2n[nH]c3ccc(NS(=O)(=O)c4ccc(Oc5ccccc5)cc4)cc23)CC1. The van der Waals surface area contributed by atoms with E-state index in [0.717, 1.165) is 42.5 Å². The van der Waals surface area contributed by atoms with E-state index in [1.54, 1.807) is 30.3 Å². The molecule has 3 aromatic carbocycles. The number of likely N-dealkylation sites (tertiary alicyclic amines) is 1. The first-order valence-electron chi connectivity index (χ1n) is 11.0. The molecule has 0 radical (unpaired) electrons. The van der Waals surface area contributed by atoms with Crippen molar-refractivity contribution < 1.29 is 13.2 Å². The third-order valence-corrected chi connectivity index (χ3v) is 7.46. The van der Waals surface area contributed by atoms with Gasteiger partial charge in [0.1, 0.15) is 11.5 Å². The van der Waals surface area contributed by atoms with Crippen molar-refractivity contribution >= 4 is 26.6 Å². The molecule has 0 amide bonds. The molecule has 1 aromatic heterocycles. The van der Waals surface area contributed by atoms with E-state index < -0.39 is 10.0 Å². The van der Waals surface area contributed by atoms with Crippen LogP contribution in [0.3, 0.4) is 0 Å². The summed E-state index contributed by atoms with van der Waals surface area (Å²) in [5, 5.41) is 8.61. The van der Waals surface area contributed by atoms with Crippen molar-refractivity contribution in [2.75, 3.05) is 24.9 Å². The van der Waals surface area contributed by atoms with Crippen LogP contribution >= 0.6 is 0 Å². The van der Waals surface area contributed by atoms with Gasteiger partial charge in [-0.05, 0) is 87.6 Å². The topological polar surface area (TPSA) is 87.3 Å². The van der Waals surface area contributed by atoms with Gasteiger partial charge in [0.15, 0.2) is 0 Å². The van der Waals surface area contributed by atoms with Crippen LogP contribution in [0.4, 0.5) is 5.69 Å². The zero-order valence-corrected chi connectivity index (χ0v) is 19.2. The lowest BCUT2D eigenvalue weighted by atomic mass is 9.92. The minimum Gasteiger partial charge on any atom is -0.457 e. The molecule has 1 saturated heterocycles. The molecule has 1 fully saturated rings. The van der Waals surface area contributed by atoms with Gasteiger partial charge in [-0.2, -0.15) is 5.10 Å². The summed E-state index contributed by atoms with van der Waals surface area (Å²) in [5.74, 6) is 1.64. The highest BCUT2D eigenvalue weighted by Gasteiger charge is 2.23. The molecule has 0 spiro atoms. The third-order valence-electron chi connectivity index (χ3n) is 6.06. The van der Waals surface area contributed by atoms with Crippen molar-refractivity contribution in [3.8, 4) is 11.5 Å². The predicted molar refractivity (Wildman–Crippen MR) is 129 cm³/mol. The van der Waals surface area contributed by atoms with Gasteiger partial charge < -0.3 is 9.64 Å². The monoisotopic (exact) mass is 462 g/mol. The number of aromatic nitrogens is 2. The lowest BCUT2D eigenvalue weighted by molar-refractivity contribution is 0.254. The Balaban J connectivity index is 1.34. The molecular formula is C25H26N4O3S. The molecule has 2 N–H and O–H groups in total. The second-order valence-corrected chi connectivity index (χ2v) is 10.1. The van der Waals surface area contributed by atoms with Gasteiger partial charge >= 0.3 is 0 Å². The van der Waals surface area contributed by atoms with Gasteiger partial charge in [-0.15, -0.1) is 0 Å². The van der Waals surface area contributed by atoms with Crippen molar-refractivity contribution in [1.29, 1.82) is 0 Å². The number of nitrogens with zero attached hydrogens (tertiary/aromatic N) is 2. The number of rotatable bonds is 6. The fourth-order valence-electron chi connectivity index (χ4n) is 4.22. The van der Waals surface area contributed by atoms with E-state index in [4.69, 9.17) is 4.74 Å². The van der Waals surface area contributed by atoms with E-state index in [2.05, 4.69) is 26.9 Å². The molecule has 7 nitrogen and oxygen atoms in total. The number of fused-ring (bicyclic) bond motifs is 1. The van der Waals surface area contributed by atoms with Crippen molar-refractivity contribution in [2.45, 2.75) is 23.7 Å². The van der Waals surface area contributed by atoms with Crippen molar-refractivity contribution in [3.05, 3.63) is 78.5 Å². The summed E-state index contributed by atoms with van der Waals surface area (Å²) < 4.78 is 34.4. The van der Waals surface area contributed by atoms with Crippen molar-refractivity contribution in [2.24, 2.45) is 0 Å². The van der Waals surface area contributed by atoms with Gasteiger partial charge in [0, 0.05) is 17.0 Å². The Morgan fingerprint density at radius 2 is 1.67 bits per heavy atom. The van der Waals surface area contributed by atoms with Crippen LogP contribution in [0.2, 0.25) is 0 Å². The smallest absolute Gasteiger partial charge is 0.261 e. The van der Waals surface area contributed by atoms with Crippen LogP contribution in [0.5, 0.6) is 11.5 Å². The Kier molecular flexibility index (Phi) is 5.78. The van der Waals surface area contributed by atoms with Gasteiger partial charge in [-0.25, -0.2) is 8.42 Å². The maximum atomic E-state index is 13.0. The summed E-state index contributed by atoms with van der Waals surface area (Å²) in [6.45, 7) is 2.07. The molecule has 170 valence electrons. The maximum Gasteiger partial charge on any atom is 0.261 e. The minimum absolute atomic E-state index is 0.172. The molecule has 0 unspecified atom stereocenters. The number of ether oxygens (including phenoxy) is 1. The molecule has 4 aromatic rings. The van der Waals surface area contributed by atoms with Crippen LogP contribution in [-0.4, -0.2) is 43.7 Å². The Morgan fingerprint density at radius 3 is 2.39 bits per heavy atom. The zero-order chi connectivity index (χ0) is 22.8. The normalized spacial score (nSPS) is 15.5. The summed E-state index contributed by atoms with van der Waals surface area (Å²) in [7, 11) is -1.61. The van der Waals surface area contributed by atoms with Gasteiger partial charge in [-0.3, -0.25) is 9.82 Å². The van der Waals surface area contributed by atoms with Gasteiger partial charge in [-0.1, -0.05) is 18.2 Å². The summed E-state index contributed by atoms with van der Waals surface area (Å²) in [6, 6.07) is 21.2. The van der Waals surface area contributed by atoms with E-state index in [1.165, 1.54) is 0 Å². The second kappa shape index (κ2) is 8.88. The molecule has 1 aliphatic heterocycles. The van der Waals surface area contributed by atoms with E-state index in [1.807, 2.05) is 42.5 Å². The Morgan fingerprint density at radius 1 is 0.970 bits per heavy atom. The second-order valence-electron chi connectivity index (χ2n) is 8.44. The number of hydrogen-bond donors (Lipinski definition) is 2. The largest absolute Gasteiger partial charge is 0.457 e. The number of benzene rings is 3.